The summed E-state index contributed by atoms with van der Waals surface area (Å²) in [5.41, 5.74) is 85.9. The second-order valence-electron chi connectivity index (χ2n) is 31.8. The molecular weight excluding hydrogens is 1650 g/mol. The van der Waals surface area contributed by atoms with Gasteiger partial charge in [0.25, 0.3) is 0 Å². The molecule has 126 heavy (non-hydrogen) atoms. The van der Waals surface area contributed by atoms with Gasteiger partial charge in [0.1, 0.15) is 5.78 Å². The molecule has 736 valence electrons. The topological polar surface area (TPSA) is 718 Å². The van der Waals surface area contributed by atoms with Gasteiger partial charge in [-0.1, -0.05) is 40.9 Å². The molecule has 0 saturated carbocycles. The first-order chi connectivity index (χ1) is 60.6. The lowest BCUT2D eigenvalue weighted by atomic mass is 10.0. The molecule has 0 aromatic rings. The number of ketones is 1. The zero-order valence-corrected chi connectivity index (χ0v) is 79.4. The molecule has 0 aliphatic carbocycles. The summed E-state index contributed by atoms with van der Waals surface area (Å²) in [4.78, 5) is 103. The van der Waals surface area contributed by atoms with Gasteiger partial charge in [0, 0.05) is 260 Å². The van der Waals surface area contributed by atoms with E-state index >= 15 is 0 Å². The van der Waals surface area contributed by atoms with Crippen LogP contribution in [-0.4, -0.2) is 385 Å². The van der Waals surface area contributed by atoms with Gasteiger partial charge in [-0.05, 0) is 155 Å². The van der Waals surface area contributed by atoms with Gasteiger partial charge in [0.15, 0.2) is 17.9 Å². The van der Waals surface area contributed by atoms with E-state index in [4.69, 9.17) is 96.8 Å². The van der Waals surface area contributed by atoms with Crippen molar-refractivity contribution in [2.24, 2.45) is 106 Å². The number of guanidine groups is 3. The number of Topliss-reactive ketones (excluding diaryl/α,β-unsaturated/α-hetero) is 1. The highest BCUT2D eigenvalue weighted by molar-refractivity contribution is 8.76. The van der Waals surface area contributed by atoms with Crippen molar-refractivity contribution in [1.29, 1.82) is 10.8 Å². The number of carbonyl (C=O) groups excluding carboxylic acids is 6. The number of nitrogens with one attached hydrogen (secondary N) is 11. The van der Waals surface area contributed by atoms with E-state index in [1.54, 1.807) is 20.9 Å². The van der Waals surface area contributed by atoms with Gasteiger partial charge in [-0.15, -0.1) is 0 Å². The van der Waals surface area contributed by atoms with Crippen LogP contribution in [0.15, 0.2) is 20.0 Å². The molecule has 0 fully saturated rings. The molecule has 42 nitrogen and oxygen atoms in total. The Morgan fingerprint density at radius 2 is 0.651 bits per heavy atom. The molecular formula is C82H180N36O6S2. The molecule has 0 spiro atoms. The quantitative estimate of drug-likeness (QED) is 0.0117. The second kappa shape index (κ2) is 86.5. The van der Waals surface area contributed by atoms with Gasteiger partial charge >= 0.3 is 0 Å². The molecule has 0 saturated heterocycles. The summed E-state index contributed by atoms with van der Waals surface area (Å²) in [5, 5.41) is 44.5. The minimum absolute atomic E-state index is 0.0218. The van der Waals surface area contributed by atoms with Crippen molar-refractivity contribution >= 4 is 92.2 Å². The van der Waals surface area contributed by atoms with Crippen molar-refractivity contribution in [1.82, 2.24) is 77.3 Å². The van der Waals surface area contributed by atoms with Crippen molar-refractivity contribution in [3.8, 4) is 0 Å². The Bertz CT molecular complexity index is 2850. The first-order valence-electron chi connectivity index (χ1n) is 46.2. The van der Waals surface area contributed by atoms with E-state index in [1.165, 1.54) is 0 Å². The highest BCUT2D eigenvalue weighted by Crippen LogP contribution is 2.24. The van der Waals surface area contributed by atoms with Crippen LogP contribution in [0, 0.1) is 10.8 Å². The number of carbonyl (C=O) groups is 6. The minimum atomic E-state index is -0.619. The summed E-state index contributed by atoms with van der Waals surface area (Å²) < 4.78 is 0. The third kappa shape index (κ3) is 81.9. The maximum absolute atomic E-state index is 12.5. The lowest BCUT2D eigenvalue weighted by Gasteiger charge is -2.28. The Morgan fingerprint density at radius 1 is 0.317 bits per heavy atom. The van der Waals surface area contributed by atoms with Crippen LogP contribution in [-0.2, 0) is 28.8 Å². The Balaban J connectivity index is 0. The number of unbranched alkanes of at least 4 members (excludes halogenated alkanes) is 5. The van der Waals surface area contributed by atoms with Gasteiger partial charge < -0.3 is 154 Å². The van der Waals surface area contributed by atoms with Crippen molar-refractivity contribution in [2.75, 3.05) is 261 Å². The third-order valence-corrected chi connectivity index (χ3v) is 23.1. The lowest BCUT2D eigenvalue weighted by molar-refractivity contribution is -0.123. The lowest BCUT2D eigenvalue weighted by Crippen LogP contribution is -2.46. The fourth-order valence-corrected chi connectivity index (χ4v) is 15.2. The van der Waals surface area contributed by atoms with E-state index < -0.39 is 24.2 Å². The minimum Gasteiger partial charge on any atom is -0.388 e. The van der Waals surface area contributed by atoms with Crippen LogP contribution >= 0.6 is 21.6 Å². The average molecular weight is 1830 g/mol. The first-order valence-corrected chi connectivity index (χ1v) is 48.7. The largest absolute Gasteiger partial charge is 0.388 e. The zero-order chi connectivity index (χ0) is 93.9. The van der Waals surface area contributed by atoms with Crippen molar-refractivity contribution in [3.05, 3.63) is 0 Å². The average Bonchev–Trinajstić information content (AvgIpc) is 1.01. The molecule has 41 N–H and O–H groups in total. The van der Waals surface area contributed by atoms with Gasteiger partial charge in [-0.25, -0.2) is 0 Å². The van der Waals surface area contributed by atoms with E-state index in [1.807, 2.05) is 21.6 Å². The summed E-state index contributed by atoms with van der Waals surface area (Å²) in [6, 6.07) is -2.30. The molecule has 4 unspecified atom stereocenters. The number of hydrogen-bond donors (Lipinski definition) is 26. The summed E-state index contributed by atoms with van der Waals surface area (Å²) in [6.45, 7) is 29.7. The predicted molar refractivity (Wildman–Crippen MR) is 526 cm³/mol. The molecule has 0 aliphatic rings. The van der Waals surface area contributed by atoms with Crippen molar-refractivity contribution < 1.29 is 28.8 Å². The second-order valence-corrected chi connectivity index (χ2v) is 34.5. The van der Waals surface area contributed by atoms with Gasteiger partial charge in [0.05, 0.1) is 35.8 Å². The first kappa shape index (κ1) is 122. The summed E-state index contributed by atoms with van der Waals surface area (Å²) >= 11 is 0. The van der Waals surface area contributed by atoms with Crippen LogP contribution in [0.5, 0.6) is 0 Å². The Morgan fingerprint density at radius 3 is 1.04 bits per heavy atom. The van der Waals surface area contributed by atoms with Gasteiger partial charge in [0.2, 0.25) is 29.5 Å². The Labute approximate surface area is 763 Å². The van der Waals surface area contributed by atoms with Crippen LogP contribution in [0.3, 0.4) is 0 Å². The molecule has 0 rings (SSSR count). The number of nitrogens with two attached hydrogens (primary N) is 15. The van der Waals surface area contributed by atoms with Gasteiger partial charge in [-0.3, -0.25) is 68.8 Å². The Hall–Kier alpha value is -6.54. The molecule has 0 aliphatic heterocycles. The third-order valence-electron chi connectivity index (χ3n) is 20.6. The van der Waals surface area contributed by atoms with Crippen LogP contribution in [0.4, 0.5) is 0 Å². The molecule has 0 aromatic carbocycles. The number of hydrogen-bond acceptors (Lipinski definition) is 31. The van der Waals surface area contributed by atoms with Crippen LogP contribution < -0.4 is 134 Å². The highest BCUT2D eigenvalue weighted by atomic mass is 33.1. The molecule has 44 heteroatoms. The van der Waals surface area contributed by atoms with E-state index in [0.29, 0.717) is 155 Å². The maximum Gasteiger partial charge on any atom is 0.236 e. The summed E-state index contributed by atoms with van der Waals surface area (Å²) in [7, 11) is 5.47. The molecule has 0 bridgehead atoms. The Kier molecular flexibility index (Phi) is 83.4. The summed E-state index contributed by atoms with van der Waals surface area (Å²) in [6.07, 6.45) is 19.0. The highest BCUT2D eigenvalue weighted by Gasteiger charge is 2.20. The maximum atomic E-state index is 12.5. The molecule has 0 aromatic heterocycles. The monoisotopic (exact) mass is 1830 g/mol. The number of rotatable bonds is 89. The van der Waals surface area contributed by atoms with E-state index in [0.717, 1.165) is 264 Å². The smallest absolute Gasteiger partial charge is 0.236 e. The van der Waals surface area contributed by atoms with Crippen molar-refractivity contribution in [3.63, 3.8) is 0 Å². The van der Waals surface area contributed by atoms with Crippen LogP contribution in [0.2, 0.25) is 0 Å². The fraction of sp³-hybridized carbons (Fsp3) is 0.854. The fourth-order valence-electron chi connectivity index (χ4n) is 13.1. The predicted octanol–water partition coefficient (Wildman–Crippen LogP) is -4.97. The zero-order valence-electron chi connectivity index (χ0n) is 77.8. The number of aliphatic imine (C=N–C) groups is 4. The van der Waals surface area contributed by atoms with E-state index in [2.05, 4.69) is 97.2 Å². The molecule has 5 amide bonds. The van der Waals surface area contributed by atoms with Crippen LogP contribution in [0.25, 0.3) is 0 Å². The standard InChI is InChI=1S/C45H98N20O3S2.C37H82N16O3/c1-37(66)58-24-31-65(30-22-56-17-6-11-38(47)12-9-35-69-70-36-10-15-41(50)55-2)34-33-64(29-23-57-20-21-59-42(67)39(48)13-7-18-61-44(51)52)27-5-3-4-26-63(28-16-46)32-25-60-43(68)40(49)14-8-19-62-45(53)54;1-31(54)48-20-27-51(22-6-2-5-13-38)29-30-53(25-17-46-15-8-11-34(55)32(40)9-3-4-12-35(42)43)26-19-47-18-24-52(23-14-39)28-21-49-36(56)33(41)10-7-16-50-37(44)45/h39-40,47,56-57H,3-36,46,48-49H2,1-2H3,(H2,50,55)(H,58,66)(H,59,67)(H,60,68)(H4,51,52,61)(H4,53,54,62);32-33,46-47H,2-30,38-41H2,1H3,(H3,42,43)(H,48,54)(H,49,56)(H4,44,45,50). The SMILES string of the molecule is CC(=O)NCCN(CCCCCN)CCN(CCNCCCC(=O)C(N)CCCCC(=N)N)CCNCCN(CCN)CCNC(=O)C(N)CCCN=C(N)N.CN=C(N)CCCSSCCCC(=N)CCCNCCN(CCNC(C)=O)CCN(CCCCCN(CCN)CCNC(=O)C(N)CCCN=C(N)N)CCNCCNC(=O)C(N)CCCN=C(N)N. The van der Waals surface area contributed by atoms with E-state index in [9.17, 15) is 28.8 Å². The normalized spacial score (nSPS) is 12.6. The van der Waals surface area contributed by atoms with Gasteiger partial charge in [-0.2, -0.15) is 0 Å². The van der Waals surface area contributed by atoms with Crippen molar-refractivity contribution in [2.45, 2.75) is 192 Å². The molecule has 4 atom stereocenters. The number of amidine groups is 2. The summed E-state index contributed by atoms with van der Waals surface area (Å²) in [5.74, 6) is 2.51. The van der Waals surface area contributed by atoms with Crippen LogP contribution in [0.1, 0.15) is 168 Å². The number of amides is 5. The molecule has 0 radical (unpaired) electrons. The van der Waals surface area contributed by atoms with E-state index in [-0.39, 0.29) is 59.0 Å². The molecule has 0 heterocycles. The number of nitrogens with zero attached hydrogens (tertiary/aromatic N) is 10.